The molecule has 0 atom stereocenters. The summed E-state index contributed by atoms with van der Waals surface area (Å²) in [6, 6.07) is 5.46. The Morgan fingerprint density at radius 2 is 2.12 bits per heavy atom. The Morgan fingerprint density at radius 3 is 2.77 bits per heavy atom. The molecule has 0 spiro atoms. The van der Waals surface area contributed by atoms with Gasteiger partial charge in [-0.1, -0.05) is 16.8 Å². The van der Waals surface area contributed by atoms with E-state index in [1.807, 2.05) is 25.5 Å². The number of anilines is 1. The van der Waals surface area contributed by atoms with Crippen molar-refractivity contribution < 1.29 is 9.53 Å². The number of ether oxygens (including phenoxy) is 1. The van der Waals surface area contributed by atoms with Gasteiger partial charge in [-0.2, -0.15) is 0 Å². The molecule has 7 nitrogen and oxygen atoms in total. The SMILES string of the molecule is Cc1c(C(=O)Nc2ccc(OC(C)C)c(Cl)c2)nnn1C1CCNCC1. The van der Waals surface area contributed by atoms with Gasteiger partial charge in [0.2, 0.25) is 0 Å². The highest BCUT2D eigenvalue weighted by atomic mass is 35.5. The molecule has 2 aromatic rings. The average Bonchev–Trinajstić information content (AvgIpc) is 2.99. The van der Waals surface area contributed by atoms with Crippen LogP contribution in [0, 0.1) is 6.92 Å². The second-order valence-electron chi connectivity index (χ2n) is 6.72. The van der Waals surface area contributed by atoms with E-state index in [0.717, 1.165) is 31.6 Å². The maximum Gasteiger partial charge on any atom is 0.278 e. The first-order valence-corrected chi connectivity index (χ1v) is 9.23. The molecule has 1 saturated heterocycles. The number of nitrogens with one attached hydrogen (secondary N) is 2. The third-order valence-corrected chi connectivity index (χ3v) is 4.64. The summed E-state index contributed by atoms with van der Waals surface area (Å²) in [5.41, 5.74) is 1.70. The van der Waals surface area contributed by atoms with Crippen LogP contribution in [0.2, 0.25) is 5.02 Å². The van der Waals surface area contributed by atoms with Crippen LogP contribution in [-0.2, 0) is 0 Å². The van der Waals surface area contributed by atoms with Gasteiger partial charge in [-0.15, -0.1) is 5.10 Å². The fraction of sp³-hybridized carbons (Fsp3) is 0.500. The zero-order valence-corrected chi connectivity index (χ0v) is 16.0. The minimum atomic E-state index is -0.295. The number of piperidine rings is 1. The van der Waals surface area contributed by atoms with Crippen molar-refractivity contribution in [3.63, 3.8) is 0 Å². The van der Waals surface area contributed by atoms with Gasteiger partial charge in [0.05, 0.1) is 22.9 Å². The number of halogens is 1. The average molecular weight is 378 g/mol. The van der Waals surface area contributed by atoms with Gasteiger partial charge in [0.15, 0.2) is 5.69 Å². The first-order valence-electron chi connectivity index (χ1n) is 8.85. The zero-order chi connectivity index (χ0) is 18.7. The number of hydrogen-bond acceptors (Lipinski definition) is 5. The molecule has 8 heteroatoms. The summed E-state index contributed by atoms with van der Waals surface area (Å²) in [7, 11) is 0. The van der Waals surface area contributed by atoms with Crippen LogP contribution in [0.4, 0.5) is 5.69 Å². The first-order chi connectivity index (χ1) is 12.5. The van der Waals surface area contributed by atoms with Crippen molar-refractivity contribution in [1.82, 2.24) is 20.3 Å². The molecule has 26 heavy (non-hydrogen) atoms. The van der Waals surface area contributed by atoms with Crippen LogP contribution in [0.15, 0.2) is 18.2 Å². The fourth-order valence-corrected chi connectivity index (χ4v) is 3.29. The van der Waals surface area contributed by atoms with E-state index in [-0.39, 0.29) is 18.1 Å². The topological polar surface area (TPSA) is 81.1 Å². The third kappa shape index (κ3) is 4.16. The Kier molecular flexibility index (Phi) is 5.78. The summed E-state index contributed by atoms with van der Waals surface area (Å²) >= 11 is 6.23. The van der Waals surface area contributed by atoms with Crippen molar-refractivity contribution in [2.75, 3.05) is 18.4 Å². The molecule has 1 aromatic carbocycles. The number of nitrogens with zero attached hydrogens (tertiary/aromatic N) is 3. The molecule has 1 fully saturated rings. The Hall–Kier alpha value is -2.12. The molecule has 1 aliphatic heterocycles. The van der Waals surface area contributed by atoms with Crippen LogP contribution in [0.1, 0.15) is 48.9 Å². The lowest BCUT2D eigenvalue weighted by Crippen LogP contribution is -2.30. The fourth-order valence-electron chi connectivity index (χ4n) is 3.07. The summed E-state index contributed by atoms with van der Waals surface area (Å²) in [5, 5.41) is 14.9. The van der Waals surface area contributed by atoms with E-state index >= 15 is 0 Å². The molecule has 0 unspecified atom stereocenters. The Bertz CT molecular complexity index is 784. The predicted octanol–water partition coefficient (Wildman–Crippen LogP) is 3.20. The molecule has 2 heterocycles. The van der Waals surface area contributed by atoms with Crippen molar-refractivity contribution >= 4 is 23.2 Å². The van der Waals surface area contributed by atoms with E-state index in [4.69, 9.17) is 16.3 Å². The Labute approximate surface area is 158 Å². The number of rotatable bonds is 5. The van der Waals surface area contributed by atoms with Crippen LogP contribution in [0.25, 0.3) is 0 Å². The summed E-state index contributed by atoms with van der Waals surface area (Å²) in [5.74, 6) is 0.295. The normalized spacial score (nSPS) is 15.3. The smallest absolute Gasteiger partial charge is 0.278 e. The molecule has 0 saturated carbocycles. The van der Waals surface area contributed by atoms with Gasteiger partial charge < -0.3 is 15.4 Å². The molecule has 1 amide bonds. The molecule has 0 radical (unpaired) electrons. The van der Waals surface area contributed by atoms with E-state index in [1.165, 1.54) is 0 Å². The molecule has 1 aromatic heterocycles. The first kappa shape index (κ1) is 18.7. The minimum Gasteiger partial charge on any atom is -0.489 e. The molecule has 140 valence electrons. The zero-order valence-electron chi connectivity index (χ0n) is 15.3. The quantitative estimate of drug-likeness (QED) is 0.836. The standard InChI is InChI=1S/C18H24ClN5O2/c1-11(2)26-16-5-4-13(10-15(16)19)21-18(25)17-12(3)24(23-22-17)14-6-8-20-9-7-14/h4-5,10-11,14,20H,6-9H2,1-3H3,(H,21,25). The van der Waals surface area contributed by atoms with Gasteiger partial charge in [-0.25, -0.2) is 4.68 Å². The van der Waals surface area contributed by atoms with Crippen LogP contribution in [0.5, 0.6) is 5.75 Å². The Morgan fingerprint density at radius 1 is 1.38 bits per heavy atom. The summed E-state index contributed by atoms with van der Waals surface area (Å²) in [4.78, 5) is 12.6. The monoisotopic (exact) mass is 377 g/mol. The van der Waals surface area contributed by atoms with Crippen molar-refractivity contribution in [3.8, 4) is 5.75 Å². The van der Waals surface area contributed by atoms with E-state index in [9.17, 15) is 4.79 Å². The van der Waals surface area contributed by atoms with Crippen LogP contribution < -0.4 is 15.4 Å². The van der Waals surface area contributed by atoms with Gasteiger partial charge in [-0.05, 0) is 64.9 Å². The van der Waals surface area contributed by atoms with E-state index < -0.39 is 0 Å². The third-order valence-electron chi connectivity index (χ3n) is 4.35. The predicted molar refractivity (Wildman–Crippen MR) is 101 cm³/mol. The van der Waals surface area contributed by atoms with Crippen LogP contribution in [-0.4, -0.2) is 40.1 Å². The number of hydrogen-bond donors (Lipinski definition) is 2. The van der Waals surface area contributed by atoms with Crippen LogP contribution in [0.3, 0.4) is 0 Å². The maximum absolute atomic E-state index is 12.6. The highest BCUT2D eigenvalue weighted by Crippen LogP contribution is 2.29. The lowest BCUT2D eigenvalue weighted by Gasteiger charge is -2.23. The van der Waals surface area contributed by atoms with Crippen molar-refractivity contribution in [2.24, 2.45) is 0 Å². The lowest BCUT2D eigenvalue weighted by molar-refractivity contribution is 0.102. The van der Waals surface area contributed by atoms with Gasteiger partial charge in [0, 0.05) is 5.69 Å². The summed E-state index contributed by atoms with van der Waals surface area (Å²) < 4.78 is 7.47. The Balaban J connectivity index is 1.72. The number of aromatic nitrogens is 3. The number of benzene rings is 1. The number of amides is 1. The van der Waals surface area contributed by atoms with E-state index in [0.29, 0.717) is 22.2 Å². The highest BCUT2D eigenvalue weighted by Gasteiger charge is 2.23. The molecular weight excluding hydrogens is 354 g/mol. The molecule has 3 rings (SSSR count). The molecular formula is C18H24ClN5O2. The molecule has 0 aliphatic carbocycles. The van der Waals surface area contributed by atoms with E-state index in [1.54, 1.807) is 18.2 Å². The minimum absolute atomic E-state index is 0.0283. The highest BCUT2D eigenvalue weighted by molar-refractivity contribution is 6.32. The summed E-state index contributed by atoms with van der Waals surface area (Å²) in [6.07, 6.45) is 2.00. The maximum atomic E-state index is 12.6. The largest absolute Gasteiger partial charge is 0.489 e. The van der Waals surface area contributed by atoms with Gasteiger partial charge in [-0.3, -0.25) is 4.79 Å². The van der Waals surface area contributed by atoms with Crippen LogP contribution >= 0.6 is 11.6 Å². The number of carbonyl (C=O) groups is 1. The number of carbonyl (C=O) groups excluding carboxylic acids is 1. The summed E-state index contributed by atoms with van der Waals surface area (Å²) in [6.45, 7) is 7.65. The van der Waals surface area contributed by atoms with E-state index in [2.05, 4.69) is 20.9 Å². The molecule has 0 bridgehead atoms. The second kappa shape index (κ2) is 8.05. The van der Waals surface area contributed by atoms with Gasteiger partial charge >= 0.3 is 0 Å². The molecule has 1 aliphatic rings. The second-order valence-corrected chi connectivity index (χ2v) is 7.12. The van der Waals surface area contributed by atoms with Crippen molar-refractivity contribution in [3.05, 3.63) is 34.6 Å². The van der Waals surface area contributed by atoms with Gasteiger partial charge in [0.1, 0.15) is 5.75 Å². The van der Waals surface area contributed by atoms with Crippen molar-refractivity contribution in [2.45, 2.75) is 45.8 Å². The molecule has 2 N–H and O–H groups in total. The van der Waals surface area contributed by atoms with Gasteiger partial charge in [0.25, 0.3) is 5.91 Å². The van der Waals surface area contributed by atoms with Crippen molar-refractivity contribution in [1.29, 1.82) is 0 Å². The lowest BCUT2D eigenvalue weighted by atomic mass is 10.1.